The molecule has 0 spiro atoms. The van der Waals surface area contributed by atoms with Crippen LogP contribution in [0.4, 0.5) is 0 Å². The Balaban J connectivity index is 1.80. The summed E-state index contributed by atoms with van der Waals surface area (Å²) >= 11 is 0. The van der Waals surface area contributed by atoms with E-state index in [1.807, 2.05) is 27.7 Å². The van der Waals surface area contributed by atoms with Gasteiger partial charge in [0.15, 0.2) is 6.29 Å². The van der Waals surface area contributed by atoms with Crippen molar-refractivity contribution in [3.8, 4) is 0 Å². The minimum Gasteiger partial charge on any atom is -0.462 e. The van der Waals surface area contributed by atoms with Gasteiger partial charge in [0, 0.05) is 11.1 Å². The van der Waals surface area contributed by atoms with Gasteiger partial charge in [-0.3, -0.25) is 4.79 Å². The highest BCUT2D eigenvalue weighted by Gasteiger charge is 2.66. The van der Waals surface area contributed by atoms with Crippen LogP contribution in [-0.2, 0) is 19.0 Å². The monoisotopic (exact) mass is 374 g/mol. The molecule has 146 valence electrons. The van der Waals surface area contributed by atoms with Crippen LogP contribution in [0.3, 0.4) is 0 Å². The zero-order chi connectivity index (χ0) is 19.0. The molecule has 0 aromatic heterocycles. The van der Waals surface area contributed by atoms with Crippen molar-refractivity contribution in [1.82, 2.24) is 0 Å². The van der Waals surface area contributed by atoms with Crippen molar-refractivity contribution in [1.29, 1.82) is 0 Å². The van der Waals surface area contributed by atoms with Gasteiger partial charge in [-0.1, -0.05) is 22.4 Å². The van der Waals surface area contributed by atoms with Crippen LogP contribution in [0.25, 0.3) is 0 Å². The van der Waals surface area contributed by atoms with Crippen molar-refractivity contribution in [2.45, 2.75) is 109 Å². The van der Waals surface area contributed by atoms with E-state index in [0.29, 0.717) is 15.0 Å². The largest absolute Gasteiger partial charge is 0.462 e. The third-order valence-electron chi connectivity index (χ3n) is 5.70. The van der Waals surface area contributed by atoms with Gasteiger partial charge in [-0.25, -0.2) is 0 Å². The van der Waals surface area contributed by atoms with Gasteiger partial charge < -0.3 is 19.3 Å². The maximum absolute atomic E-state index is 12.3. The number of rotatable bonds is 7. The van der Waals surface area contributed by atoms with Gasteiger partial charge in [0.05, 0.1) is 29.6 Å². The third kappa shape index (κ3) is 4.74. The maximum atomic E-state index is 12.3. The summed E-state index contributed by atoms with van der Waals surface area (Å²) in [5, 5.41) is 9.54. The van der Waals surface area contributed by atoms with Crippen LogP contribution >= 0.6 is 8.58 Å². The smallest absolute Gasteiger partial charge is 0.317 e. The predicted octanol–water partition coefficient (Wildman–Crippen LogP) is 3.46. The molecule has 0 aromatic rings. The first-order valence-electron chi connectivity index (χ1n) is 9.48. The Bertz CT molecular complexity index is 484. The normalized spacial score (nSPS) is 43.2. The molecular weight excluding hydrogens is 339 g/mol. The van der Waals surface area contributed by atoms with Crippen LogP contribution in [0.15, 0.2) is 0 Å². The van der Waals surface area contributed by atoms with Gasteiger partial charge in [0.2, 0.25) is 0 Å². The fourth-order valence-corrected chi connectivity index (χ4v) is 5.21. The van der Waals surface area contributed by atoms with Gasteiger partial charge in [-0.15, -0.1) is 0 Å². The van der Waals surface area contributed by atoms with E-state index in [-0.39, 0.29) is 46.8 Å². The number of carbonyl (C=O) groups excluding carboxylic acids is 1. The summed E-state index contributed by atoms with van der Waals surface area (Å²) in [5.41, 5.74) is 0. The lowest BCUT2D eigenvalue weighted by Crippen LogP contribution is -2.44. The van der Waals surface area contributed by atoms with Crippen LogP contribution in [0.5, 0.6) is 0 Å². The lowest BCUT2D eigenvalue weighted by atomic mass is 9.90. The van der Waals surface area contributed by atoms with Crippen molar-refractivity contribution in [2.75, 3.05) is 0 Å². The summed E-state index contributed by atoms with van der Waals surface area (Å²) < 4.78 is 17.3. The quantitative estimate of drug-likeness (QED) is 0.546. The van der Waals surface area contributed by atoms with E-state index in [2.05, 4.69) is 20.8 Å². The fraction of sp³-hybridized carbons (Fsp3) is 0.947. The summed E-state index contributed by atoms with van der Waals surface area (Å²) in [6, 6.07) is 0. The Morgan fingerprint density at radius 1 is 1.32 bits per heavy atom. The third-order valence-corrected chi connectivity index (χ3v) is 8.01. The first-order chi connectivity index (χ1) is 11.5. The molecule has 2 aliphatic heterocycles. The number of hydrogen-bond donors (Lipinski definition) is 1. The van der Waals surface area contributed by atoms with E-state index in [4.69, 9.17) is 14.2 Å². The van der Waals surface area contributed by atoms with Gasteiger partial charge >= 0.3 is 5.97 Å². The Labute approximate surface area is 154 Å². The number of carbonyl (C=O) groups is 1. The zero-order valence-electron chi connectivity index (χ0n) is 16.7. The van der Waals surface area contributed by atoms with E-state index in [1.165, 1.54) is 0 Å². The number of ether oxygens (including phenoxy) is 3. The van der Waals surface area contributed by atoms with Gasteiger partial charge in [-0.2, -0.15) is 0 Å². The average molecular weight is 374 g/mol. The lowest BCUT2D eigenvalue weighted by Gasteiger charge is -2.37. The summed E-state index contributed by atoms with van der Waals surface area (Å²) in [6.07, 6.45) is 1.66. The van der Waals surface area contributed by atoms with Crippen molar-refractivity contribution >= 4 is 14.6 Å². The lowest BCUT2D eigenvalue weighted by molar-refractivity contribution is -0.255. The molecule has 2 heterocycles. The molecule has 0 aliphatic carbocycles. The Morgan fingerprint density at radius 3 is 2.56 bits per heavy atom. The molecule has 1 N–H and O–H groups in total. The van der Waals surface area contributed by atoms with Gasteiger partial charge in [-0.05, 0) is 53.9 Å². The molecule has 0 bridgehead atoms. The first-order valence-corrected chi connectivity index (χ1v) is 10.5. The second-order valence-electron chi connectivity index (χ2n) is 8.51. The molecule has 1 unspecified atom stereocenters. The molecule has 0 aromatic carbocycles. The minimum absolute atomic E-state index is 0.0130. The molecule has 0 radical (unpaired) electrons. The fourth-order valence-electron chi connectivity index (χ4n) is 3.52. The van der Waals surface area contributed by atoms with E-state index < -0.39 is 6.10 Å². The van der Waals surface area contributed by atoms with Crippen LogP contribution in [0.2, 0.25) is 0 Å². The Morgan fingerprint density at radius 2 is 1.96 bits per heavy atom. The Hall–Kier alpha value is -0.220. The van der Waals surface area contributed by atoms with Crippen LogP contribution in [0, 0.1) is 5.92 Å². The number of hydrogen-bond acceptors (Lipinski definition) is 5. The molecule has 2 aliphatic rings. The van der Waals surface area contributed by atoms with E-state index >= 15 is 0 Å². The summed E-state index contributed by atoms with van der Waals surface area (Å²) in [5.74, 6) is 0.113. The summed E-state index contributed by atoms with van der Waals surface area (Å²) in [4.78, 5) is 12.3. The molecule has 0 amide bonds. The summed E-state index contributed by atoms with van der Waals surface area (Å²) in [6.45, 7) is 14.0. The van der Waals surface area contributed by atoms with Crippen molar-refractivity contribution in [2.24, 2.45) is 5.92 Å². The highest BCUT2D eigenvalue weighted by Crippen LogP contribution is 2.72. The van der Waals surface area contributed by atoms with Gasteiger partial charge in [0.1, 0.15) is 0 Å². The topological polar surface area (TPSA) is 65.0 Å². The highest BCUT2D eigenvalue weighted by molar-refractivity contribution is 7.53. The molecular formula is C19H35O5P. The van der Waals surface area contributed by atoms with Crippen LogP contribution < -0.4 is 0 Å². The zero-order valence-corrected chi connectivity index (χ0v) is 17.7. The number of aliphatic hydroxyl groups is 1. The molecule has 2 saturated heterocycles. The maximum Gasteiger partial charge on any atom is 0.317 e. The second kappa shape index (κ2) is 7.80. The average Bonchev–Trinajstić information content (AvgIpc) is 3.06. The first kappa shape index (κ1) is 21.1. The van der Waals surface area contributed by atoms with E-state index in [9.17, 15) is 9.90 Å². The standard InChI is InChI=1S/C19H35O5P/c1-11(2)22-17(21)19(7)18(6,25-19)9-8-13(4)23-16-12(3)10-15(20)14(5)24-16/h11-16,20,25H,8-10H2,1-7H3/t12-,13-,14+,15-,16-,18-,19+/m1/s1. The second-order valence-corrected chi connectivity index (χ2v) is 10.9. The number of aliphatic hydroxyl groups excluding tert-OH is 1. The molecule has 2 fully saturated rings. The Kier molecular flexibility index (Phi) is 6.58. The molecule has 25 heavy (non-hydrogen) atoms. The molecule has 8 atom stereocenters. The predicted molar refractivity (Wildman–Crippen MR) is 100 cm³/mol. The van der Waals surface area contributed by atoms with Crippen molar-refractivity contribution < 1.29 is 24.1 Å². The SMILES string of the molecule is CC(C)OC(=O)[C@]1(C)P[C@]1(C)CC[C@@H](C)O[C@@H]1O[C@@H](C)[C@H](O)C[C@H]1C. The van der Waals surface area contributed by atoms with Crippen molar-refractivity contribution in [3.63, 3.8) is 0 Å². The highest BCUT2D eigenvalue weighted by atomic mass is 31.1. The molecule has 5 nitrogen and oxygen atoms in total. The molecule has 6 heteroatoms. The minimum atomic E-state index is -0.413. The van der Waals surface area contributed by atoms with E-state index in [0.717, 1.165) is 12.8 Å². The molecule has 0 saturated carbocycles. The number of esters is 1. The van der Waals surface area contributed by atoms with Crippen LogP contribution in [0.1, 0.15) is 67.7 Å². The van der Waals surface area contributed by atoms with Crippen LogP contribution in [-0.4, -0.2) is 52.1 Å². The van der Waals surface area contributed by atoms with E-state index in [1.54, 1.807) is 0 Å². The summed E-state index contributed by atoms with van der Waals surface area (Å²) in [7, 11) is 0.602. The van der Waals surface area contributed by atoms with Gasteiger partial charge in [0.25, 0.3) is 0 Å². The van der Waals surface area contributed by atoms with Crippen molar-refractivity contribution in [3.05, 3.63) is 0 Å². The molecule has 2 rings (SSSR count).